The highest BCUT2D eigenvalue weighted by molar-refractivity contribution is 7.92. The molecule has 7 nitrogen and oxygen atoms in total. The molecule has 1 atom stereocenters. The van der Waals surface area contributed by atoms with Gasteiger partial charge in [0.25, 0.3) is 10.0 Å². The maximum Gasteiger partial charge on any atom is 0.264 e. The lowest BCUT2D eigenvalue weighted by Gasteiger charge is -2.27. The van der Waals surface area contributed by atoms with E-state index in [4.69, 9.17) is 21.1 Å². The van der Waals surface area contributed by atoms with E-state index in [2.05, 4.69) is 5.32 Å². The summed E-state index contributed by atoms with van der Waals surface area (Å²) in [5.74, 6) is 0.700. The highest BCUT2D eigenvalue weighted by atomic mass is 35.5. The highest BCUT2D eigenvalue weighted by Crippen LogP contribution is 2.32. The van der Waals surface area contributed by atoms with Crippen molar-refractivity contribution < 1.29 is 22.7 Å². The molecule has 1 unspecified atom stereocenters. The molecular weight excluding hydrogens is 488 g/mol. The molecule has 3 rings (SSSR count). The number of hydrogen-bond donors (Lipinski definition) is 1. The molecule has 0 fully saturated rings. The Morgan fingerprint density at radius 1 is 1.03 bits per heavy atom. The summed E-state index contributed by atoms with van der Waals surface area (Å²) in [6.45, 7) is 4.95. The van der Waals surface area contributed by atoms with Crippen molar-refractivity contribution >= 4 is 33.2 Å². The zero-order valence-corrected chi connectivity index (χ0v) is 21.9. The minimum absolute atomic E-state index is 0.0813. The first-order chi connectivity index (χ1) is 16.6. The van der Waals surface area contributed by atoms with E-state index >= 15 is 0 Å². The SMILES string of the molecule is COc1ccc(OC)c(C(C)NC(=O)CN(c2cccc(Cl)c2C)S(=O)(=O)c2ccc(C)cc2)c1. The molecule has 0 heterocycles. The third-order valence-corrected chi connectivity index (χ3v) is 7.87. The molecule has 0 spiro atoms. The Labute approximate surface area is 211 Å². The van der Waals surface area contributed by atoms with Crippen LogP contribution in [0, 0.1) is 13.8 Å². The molecule has 35 heavy (non-hydrogen) atoms. The van der Waals surface area contributed by atoms with Crippen LogP contribution in [0.4, 0.5) is 5.69 Å². The van der Waals surface area contributed by atoms with Crippen LogP contribution in [-0.4, -0.2) is 35.1 Å². The Kier molecular flexibility index (Phi) is 8.30. The average Bonchev–Trinajstić information content (AvgIpc) is 2.84. The molecule has 0 saturated carbocycles. The zero-order chi connectivity index (χ0) is 25.8. The van der Waals surface area contributed by atoms with Gasteiger partial charge in [-0.1, -0.05) is 35.4 Å². The summed E-state index contributed by atoms with van der Waals surface area (Å²) in [6.07, 6.45) is 0. The van der Waals surface area contributed by atoms with Crippen LogP contribution in [0.2, 0.25) is 5.02 Å². The molecule has 0 aliphatic heterocycles. The largest absolute Gasteiger partial charge is 0.497 e. The summed E-state index contributed by atoms with van der Waals surface area (Å²) in [5.41, 5.74) is 2.51. The average molecular weight is 517 g/mol. The summed E-state index contributed by atoms with van der Waals surface area (Å²) in [4.78, 5) is 13.3. The minimum Gasteiger partial charge on any atom is -0.497 e. The second-order valence-corrected chi connectivity index (χ2v) is 10.4. The van der Waals surface area contributed by atoms with Crippen molar-refractivity contribution in [1.82, 2.24) is 5.32 Å². The molecule has 3 aromatic carbocycles. The summed E-state index contributed by atoms with van der Waals surface area (Å²) >= 11 is 6.29. The Morgan fingerprint density at radius 3 is 2.34 bits per heavy atom. The minimum atomic E-state index is -4.06. The number of halogens is 1. The molecule has 0 aliphatic rings. The number of methoxy groups -OCH3 is 2. The molecule has 0 aromatic heterocycles. The molecule has 0 radical (unpaired) electrons. The normalized spacial score (nSPS) is 12.1. The molecule has 0 aliphatic carbocycles. The van der Waals surface area contributed by atoms with Gasteiger partial charge in [0.05, 0.1) is 30.8 Å². The second kappa shape index (κ2) is 11.0. The van der Waals surface area contributed by atoms with E-state index in [0.717, 1.165) is 9.87 Å². The number of nitrogens with zero attached hydrogens (tertiary/aromatic N) is 1. The van der Waals surface area contributed by atoms with E-state index < -0.39 is 28.5 Å². The molecule has 9 heteroatoms. The Balaban J connectivity index is 1.96. The third kappa shape index (κ3) is 5.89. The van der Waals surface area contributed by atoms with Gasteiger partial charge in [0.15, 0.2) is 0 Å². The van der Waals surface area contributed by atoms with E-state index in [-0.39, 0.29) is 4.90 Å². The molecule has 1 N–H and O–H groups in total. The fourth-order valence-electron chi connectivity index (χ4n) is 3.68. The van der Waals surface area contributed by atoms with Crippen LogP contribution in [0.1, 0.15) is 29.7 Å². The van der Waals surface area contributed by atoms with Crippen LogP contribution in [-0.2, 0) is 14.8 Å². The van der Waals surface area contributed by atoms with Crippen molar-refractivity contribution in [3.8, 4) is 11.5 Å². The van der Waals surface area contributed by atoms with E-state index in [1.54, 1.807) is 69.5 Å². The number of benzene rings is 3. The van der Waals surface area contributed by atoms with Crippen LogP contribution in [0.25, 0.3) is 0 Å². The molecule has 3 aromatic rings. The smallest absolute Gasteiger partial charge is 0.264 e. The number of hydrogen-bond acceptors (Lipinski definition) is 5. The van der Waals surface area contributed by atoms with Gasteiger partial charge in [0.2, 0.25) is 5.91 Å². The number of nitrogens with one attached hydrogen (secondary N) is 1. The maximum atomic E-state index is 13.6. The van der Waals surface area contributed by atoms with Gasteiger partial charge < -0.3 is 14.8 Å². The van der Waals surface area contributed by atoms with Crippen molar-refractivity contribution in [2.24, 2.45) is 0 Å². The summed E-state index contributed by atoms with van der Waals surface area (Å²) in [6, 6.07) is 16.3. The van der Waals surface area contributed by atoms with Gasteiger partial charge in [-0.2, -0.15) is 0 Å². The monoisotopic (exact) mass is 516 g/mol. The van der Waals surface area contributed by atoms with Crippen molar-refractivity contribution in [2.75, 3.05) is 25.1 Å². The lowest BCUT2D eigenvalue weighted by Crippen LogP contribution is -2.42. The molecular formula is C26H29ClN2O5S. The van der Waals surface area contributed by atoms with Crippen LogP contribution >= 0.6 is 11.6 Å². The van der Waals surface area contributed by atoms with Gasteiger partial charge in [0, 0.05) is 10.6 Å². The number of carbonyl (C=O) groups is 1. The van der Waals surface area contributed by atoms with Gasteiger partial charge in [-0.15, -0.1) is 0 Å². The second-order valence-electron chi connectivity index (χ2n) is 8.11. The first-order valence-electron chi connectivity index (χ1n) is 10.9. The van der Waals surface area contributed by atoms with Crippen molar-refractivity contribution in [1.29, 1.82) is 0 Å². The van der Waals surface area contributed by atoms with Crippen molar-refractivity contribution in [3.05, 3.63) is 82.4 Å². The van der Waals surface area contributed by atoms with Crippen LogP contribution < -0.4 is 19.1 Å². The van der Waals surface area contributed by atoms with Gasteiger partial charge in [-0.05, 0) is 68.8 Å². The maximum absolute atomic E-state index is 13.6. The van der Waals surface area contributed by atoms with Crippen LogP contribution in [0.15, 0.2) is 65.6 Å². The van der Waals surface area contributed by atoms with E-state index in [1.807, 2.05) is 6.92 Å². The Hall–Kier alpha value is -3.23. The molecule has 0 bridgehead atoms. The topological polar surface area (TPSA) is 84.9 Å². The fourth-order valence-corrected chi connectivity index (χ4v) is 5.32. The highest BCUT2D eigenvalue weighted by Gasteiger charge is 2.29. The summed E-state index contributed by atoms with van der Waals surface area (Å²) in [7, 11) is -0.969. The van der Waals surface area contributed by atoms with Crippen LogP contribution in [0.5, 0.6) is 11.5 Å². The number of rotatable bonds is 9. The van der Waals surface area contributed by atoms with Gasteiger partial charge in [-0.25, -0.2) is 8.42 Å². The Morgan fingerprint density at radius 2 is 1.71 bits per heavy atom. The van der Waals surface area contributed by atoms with Gasteiger partial charge in [0.1, 0.15) is 18.0 Å². The van der Waals surface area contributed by atoms with Gasteiger partial charge >= 0.3 is 0 Å². The fraction of sp³-hybridized carbons (Fsp3) is 0.269. The lowest BCUT2D eigenvalue weighted by atomic mass is 10.1. The van der Waals surface area contributed by atoms with E-state index in [1.165, 1.54) is 19.2 Å². The van der Waals surface area contributed by atoms with Crippen molar-refractivity contribution in [3.63, 3.8) is 0 Å². The number of anilines is 1. The predicted octanol–water partition coefficient (Wildman–Crippen LogP) is 5.05. The third-order valence-electron chi connectivity index (χ3n) is 5.68. The Bertz CT molecular complexity index is 1310. The first kappa shape index (κ1) is 26.4. The number of carbonyl (C=O) groups excluding carboxylic acids is 1. The predicted molar refractivity (Wildman–Crippen MR) is 138 cm³/mol. The number of aryl methyl sites for hydroxylation is 1. The van der Waals surface area contributed by atoms with Gasteiger partial charge in [-0.3, -0.25) is 9.10 Å². The number of ether oxygens (including phenoxy) is 2. The first-order valence-corrected chi connectivity index (χ1v) is 12.8. The molecule has 1 amide bonds. The number of amides is 1. The molecule has 186 valence electrons. The van der Waals surface area contributed by atoms with Crippen molar-refractivity contribution in [2.45, 2.75) is 31.7 Å². The number of sulfonamides is 1. The zero-order valence-electron chi connectivity index (χ0n) is 20.3. The lowest BCUT2D eigenvalue weighted by molar-refractivity contribution is -0.120. The summed E-state index contributed by atoms with van der Waals surface area (Å²) in [5, 5.41) is 3.28. The standard InChI is InChI=1S/C26H29ClN2O5S/c1-17-9-12-21(13-10-17)35(31,32)29(24-8-6-7-23(27)18(24)2)16-26(30)28-19(3)22-15-20(33-4)11-14-25(22)34-5/h6-15,19H,16H2,1-5H3,(H,28,30). The van der Waals surface area contributed by atoms with Crippen LogP contribution in [0.3, 0.4) is 0 Å². The quantitative estimate of drug-likeness (QED) is 0.430. The van der Waals surface area contributed by atoms with E-state index in [9.17, 15) is 13.2 Å². The van der Waals surface area contributed by atoms with E-state index in [0.29, 0.717) is 33.3 Å². The molecule has 0 saturated heterocycles. The summed E-state index contributed by atoms with van der Waals surface area (Å²) < 4.78 is 39.1.